The van der Waals surface area contributed by atoms with E-state index in [4.69, 9.17) is 5.73 Å². The van der Waals surface area contributed by atoms with Crippen LogP contribution in [0.5, 0.6) is 0 Å². The van der Waals surface area contributed by atoms with E-state index in [-0.39, 0.29) is 0 Å². The van der Waals surface area contributed by atoms with Crippen LogP contribution in [-0.2, 0) is 0 Å². The second kappa shape index (κ2) is 2.46. The zero-order valence-electron chi connectivity index (χ0n) is 8.27. The van der Waals surface area contributed by atoms with Crippen molar-refractivity contribution in [2.45, 2.75) is 26.7 Å². The van der Waals surface area contributed by atoms with Gasteiger partial charge in [-0.1, -0.05) is 13.8 Å². The molecule has 1 saturated heterocycles. The molecule has 1 aliphatic carbocycles. The summed E-state index contributed by atoms with van der Waals surface area (Å²) >= 11 is 0. The molecule has 2 N–H and O–H groups in total. The van der Waals surface area contributed by atoms with Gasteiger partial charge in [-0.15, -0.1) is 0 Å². The van der Waals surface area contributed by atoms with Crippen LogP contribution in [0.4, 0.5) is 0 Å². The first-order valence-electron chi connectivity index (χ1n) is 4.98. The van der Waals surface area contributed by atoms with Crippen LogP contribution in [0.15, 0.2) is 0 Å². The maximum atomic E-state index is 5.50. The van der Waals surface area contributed by atoms with Gasteiger partial charge >= 0.3 is 0 Å². The van der Waals surface area contributed by atoms with Crippen molar-refractivity contribution in [3.63, 3.8) is 0 Å². The van der Waals surface area contributed by atoms with E-state index in [0.717, 1.165) is 18.5 Å². The highest BCUT2D eigenvalue weighted by atomic mass is 15.2. The van der Waals surface area contributed by atoms with Gasteiger partial charge in [0.15, 0.2) is 0 Å². The molecule has 70 valence electrons. The van der Waals surface area contributed by atoms with Crippen LogP contribution in [-0.4, -0.2) is 31.1 Å². The smallest absolute Gasteiger partial charge is 0.0105 e. The lowest BCUT2D eigenvalue weighted by Gasteiger charge is -2.63. The Bertz CT molecular complexity index is 170. The van der Waals surface area contributed by atoms with Gasteiger partial charge in [0.1, 0.15) is 0 Å². The lowest BCUT2D eigenvalue weighted by atomic mass is 9.51. The van der Waals surface area contributed by atoms with Gasteiger partial charge in [-0.05, 0) is 23.7 Å². The largest absolute Gasteiger partial charge is 0.329 e. The minimum absolute atomic E-state index is 0.634. The highest BCUT2D eigenvalue weighted by Gasteiger charge is 2.55. The molecule has 2 rings (SSSR count). The van der Waals surface area contributed by atoms with Crippen LogP contribution in [0.25, 0.3) is 0 Å². The first-order valence-corrected chi connectivity index (χ1v) is 4.98. The van der Waals surface area contributed by atoms with Gasteiger partial charge in [0.05, 0.1) is 0 Å². The fourth-order valence-electron chi connectivity index (χ4n) is 3.45. The van der Waals surface area contributed by atoms with Gasteiger partial charge in [-0.25, -0.2) is 0 Å². The molecule has 2 fully saturated rings. The van der Waals surface area contributed by atoms with E-state index in [1.807, 2.05) is 0 Å². The standard InChI is InChI=1S/C10H20N2/c1-9(2)5-10(6-9)7-12(8-10)4-3-11/h3-8,11H2,1-2H3. The van der Waals surface area contributed by atoms with Crippen LogP contribution in [0.1, 0.15) is 26.7 Å². The molecular weight excluding hydrogens is 148 g/mol. The van der Waals surface area contributed by atoms with E-state index < -0.39 is 0 Å². The molecule has 0 atom stereocenters. The van der Waals surface area contributed by atoms with E-state index in [0.29, 0.717) is 5.41 Å². The van der Waals surface area contributed by atoms with E-state index in [2.05, 4.69) is 18.7 Å². The zero-order chi connectivity index (χ0) is 8.82. The molecule has 12 heavy (non-hydrogen) atoms. The molecule has 1 aliphatic heterocycles. The number of nitrogens with two attached hydrogens (primary N) is 1. The highest BCUT2D eigenvalue weighted by Crippen LogP contribution is 2.58. The summed E-state index contributed by atoms with van der Waals surface area (Å²) in [5.41, 5.74) is 6.85. The van der Waals surface area contributed by atoms with Crippen LogP contribution in [0.3, 0.4) is 0 Å². The van der Waals surface area contributed by atoms with Gasteiger partial charge in [-0.3, -0.25) is 0 Å². The summed E-state index contributed by atoms with van der Waals surface area (Å²) in [7, 11) is 0. The molecule has 1 saturated carbocycles. The zero-order valence-corrected chi connectivity index (χ0v) is 8.27. The van der Waals surface area contributed by atoms with Crippen LogP contribution in [0, 0.1) is 10.8 Å². The highest BCUT2D eigenvalue weighted by molar-refractivity contribution is 5.07. The molecule has 0 aromatic rings. The van der Waals surface area contributed by atoms with Crippen LogP contribution >= 0.6 is 0 Å². The SMILES string of the molecule is CC1(C)CC2(CN(CCN)C2)C1. The van der Waals surface area contributed by atoms with Crippen molar-refractivity contribution in [2.75, 3.05) is 26.2 Å². The Morgan fingerprint density at radius 2 is 1.83 bits per heavy atom. The van der Waals surface area contributed by atoms with Crippen molar-refractivity contribution in [3.8, 4) is 0 Å². The summed E-state index contributed by atoms with van der Waals surface area (Å²) in [6.07, 6.45) is 2.86. The number of likely N-dealkylation sites (tertiary alicyclic amines) is 1. The summed E-state index contributed by atoms with van der Waals surface area (Å²) in [5.74, 6) is 0. The van der Waals surface area contributed by atoms with E-state index >= 15 is 0 Å². The maximum absolute atomic E-state index is 5.50. The lowest BCUT2D eigenvalue weighted by Crippen LogP contribution is -2.64. The minimum Gasteiger partial charge on any atom is -0.329 e. The van der Waals surface area contributed by atoms with Gasteiger partial charge in [0.2, 0.25) is 0 Å². The second-order valence-corrected chi connectivity index (χ2v) is 5.52. The van der Waals surface area contributed by atoms with Crippen molar-refractivity contribution in [3.05, 3.63) is 0 Å². The monoisotopic (exact) mass is 168 g/mol. The first-order chi connectivity index (χ1) is 5.55. The molecule has 0 radical (unpaired) electrons. The summed E-state index contributed by atoms with van der Waals surface area (Å²) in [4.78, 5) is 2.48. The molecule has 0 aromatic carbocycles. The van der Waals surface area contributed by atoms with Crippen molar-refractivity contribution < 1.29 is 0 Å². The third kappa shape index (κ3) is 1.27. The Balaban J connectivity index is 1.76. The molecule has 0 aromatic heterocycles. The van der Waals surface area contributed by atoms with E-state index in [1.54, 1.807) is 0 Å². The predicted octanol–water partition coefficient (Wildman–Crippen LogP) is 1.07. The first kappa shape index (κ1) is 8.52. The molecule has 0 unspecified atom stereocenters. The van der Waals surface area contributed by atoms with Crippen molar-refractivity contribution in [1.29, 1.82) is 0 Å². The predicted molar refractivity (Wildman–Crippen MR) is 50.9 cm³/mol. The summed E-state index contributed by atoms with van der Waals surface area (Å²) < 4.78 is 0. The quantitative estimate of drug-likeness (QED) is 0.668. The van der Waals surface area contributed by atoms with Gasteiger partial charge in [-0.2, -0.15) is 0 Å². The fourth-order valence-corrected chi connectivity index (χ4v) is 3.45. The Morgan fingerprint density at radius 1 is 1.25 bits per heavy atom. The van der Waals surface area contributed by atoms with Gasteiger partial charge in [0, 0.05) is 26.2 Å². The number of hydrogen-bond donors (Lipinski definition) is 1. The molecule has 2 nitrogen and oxygen atoms in total. The van der Waals surface area contributed by atoms with Gasteiger partial charge < -0.3 is 10.6 Å². The van der Waals surface area contributed by atoms with Gasteiger partial charge in [0.25, 0.3) is 0 Å². The van der Waals surface area contributed by atoms with Crippen molar-refractivity contribution >= 4 is 0 Å². The third-order valence-electron chi connectivity index (χ3n) is 3.27. The number of hydrogen-bond acceptors (Lipinski definition) is 2. The summed E-state index contributed by atoms with van der Waals surface area (Å²) in [5, 5.41) is 0. The summed E-state index contributed by atoms with van der Waals surface area (Å²) in [6.45, 7) is 9.30. The summed E-state index contributed by atoms with van der Waals surface area (Å²) in [6, 6.07) is 0. The Labute approximate surface area is 75.1 Å². The molecular formula is C10H20N2. The maximum Gasteiger partial charge on any atom is 0.0105 e. The molecule has 1 spiro atoms. The molecule has 2 aliphatic rings. The van der Waals surface area contributed by atoms with Crippen LogP contribution in [0.2, 0.25) is 0 Å². The average molecular weight is 168 g/mol. The minimum atomic E-state index is 0.634. The Hall–Kier alpha value is -0.0800. The van der Waals surface area contributed by atoms with Crippen molar-refractivity contribution in [2.24, 2.45) is 16.6 Å². The number of rotatable bonds is 2. The fraction of sp³-hybridized carbons (Fsp3) is 1.00. The average Bonchev–Trinajstić information content (AvgIpc) is 1.80. The number of nitrogens with zero attached hydrogens (tertiary/aromatic N) is 1. The van der Waals surface area contributed by atoms with E-state index in [1.165, 1.54) is 25.9 Å². The molecule has 1 heterocycles. The molecule has 0 bridgehead atoms. The molecule has 0 amide bonds. The topological polar surface area (TPSA) is 29.3 Å². The second-order valence-electron chi connectivity index (χ2n) is 5.52. The molecule has 2 heteroatoms. The Morgan fingerprint density at radius 3 is 2.25 bits per heavy atom. The Kier molecular flexibility index (Phi) is 1.74. The van der Waals surface area contributed by atoms with E-state index in [9.17, 15) is 0 Å². The lowest BCUT2D eigenvalue weighted by molar-refractivity contribution is -0.127. The third-order valence-corrected chi connectivity index (χ3v) is 3.27. The normalized spacial score (nSPS) is 31.2. The van der Waals surface area contributed by atoms with Crippen LogP contribution < -0.4 is 5.73 Å². The van der Waals surface area contributed by atoms with Crippen molar-refractivity contribution in [1.82, 2.24) is 4.90 Å².